The highest BCUT2D eigenvalue weighted by Gasteiger charge is 2.30. The third-order valence-corrected chi connectivity index (χ3v) is 5.05. The molecule has 2 aromatic heterocycles. The van der Waals surface area contributed by atoms with Crippen molar-refractivity contribution < 1.29 is 9.53 Å². The number of nitrogens with zero attached hydrogens (tertiary/aromatic N) is 3. The highest BCUT2D eigenvalue weighted by Crippen LogP contribution is 2.25. The monoisotopic (exact) mass is 319 g/mol. The van der Waals surface area contributed by atoms with Crippen LogP contribution in [0.5, 0.6) is 0 Å². The number of ether oxygens (including phenoxy) is 1. The number of thiazole rings is 1. The summed E-state index contributed by atoms with van der Waals surface area (Å²) in [6.45, 7) is 3.88. The standard InChI is InChI=1S/C16H21N3O2S/c1-3-15-17-12(11-22-15)9-16(20)19-7-8-21-10-14(19)13-5-4-6-18(13)2/h4-6,11,14H,3,7-10H2,1-2H3. The maximum atomic E-state index is 12.7. The van der Waals surface area contributed by atoms with Gasteiger partial charge in [0.05, 0.1) is 36.4 Å². The lowest BCUT2D eigenvalue weighted by Gasteiger charge is -2.36. The number of hydrogen-bond donors (Lipinski definition) is 0. The quantitative estimate of drug-likeness (QED) is 0.868. The molecule has 3 heterocycles. The van der Waals surface area contributed by atoms with Crippen LogP contribution in [-0.2, 0) is 29.4 Å². The SMILES string of the molecule is CCc1nc(CC(=O)N2CCOCC2c2cccn2C)cs1. The van der Waals surface area contributed by atoms with E-state index in [1.54, 1.807) is 11.3 Å². The van der Waals surface area contributed by atoms with Crippen LogP contribution in [0.3, 0.4) is 0 Å². The minimum Gasteiger partial charge on any atom is -0.377 e. The van der Waals surface area contributed by atoms with Crippen LogP contribution < -0.4 is 0 Å². The Kier molecular flexibility index (Phi) is 4.59. The molecule has 118 valence electrons. The first-order valence-corrected chi connectivity index (χ1v) is 8.48. The van der Waals surface area contributed by atoms with Crippen LogP contribution in [0.15, 0.2) is 23.7 Å². The zero-order valence-corrected chi connectivity index (χ0v) is 13.8. The van der Waals surface area contributed by atoms with E-state index >= 15 is 0 Å². The Hall–Kier alpha value is -1.66. The Balaban J connectivity index is 1.75. The Morgan fingerprint density at radius 1 is 1.55 bits per heavy atom. The summed E-state index contributed by atoms with van der Waals surface area (Å²) in [6.07, 6.45) is 3.29. The fourth-order valence-corrected chi connectivity index (χ4v) is 3.56. The molecule has 0 N–H and O–H groups in total. The summed E-state index contributed by atoms with van der Waals surface area (Å²) in [6, 6.07) is 4.05. The van der Waals surface area contributed by atoms with Crippen molar-refractivity contribution in [3.05, 3.63) is 40.1 Å². The maximum Gasteiger partial charge on any atom is 0.229 e. The molecule has 0 saturated carbocycles. The molecule has 2 aromatic rings. The van der Waals surface area contributed by atoms with Crippen LogP contribution in [0.4, 0.5) is 0 Å². The summed E-state index contributed by atoms with van der Waals surface area (Å²) in [4.78, 5) is 19.1. The van der Waals surface area contributed by atoms with E-state index in [9.17, 15) is 4.79 Å². The molecule has 1 aliphatic heterocycles. The second-order valence-corrected chi connectivity index (χ2v) is 6.43. The van der Waals surface area contributed by atoms with Gasteiger partial charge in [0, 0.05) is 30.9 Å². The molecule has 6 heteroatoms. The Bertz CT molecular complexity index is 649. The van der Waals surface area contributed by atoms with Crippen LogP contribution in [0, 0.1) is 0 Å². The zero-order chi connectivity index (χ0) is 15.5. The molecule has 1 saturated heterocycles. The number of hydrogen-bond acceptors (Lipinski definition) is 4. The number of aryl methyl sites for hydroxylation is 2. The number of aromatic nitrogens is 2. The van der Waals surface area contributed by atoms with Gasteiger partial charge in [-0.1, -0.05) is 6.92 Å². The van der Waals surface area contributed by atoms with Gasteiger partial charge in [-0.3, -0.25) is 4.79 Å². The summed E-state index contributed by atoms with van der Waals surface area (Å²) < 4.78 is 7.65. The lowest BCUT2D eigenvalue weighted by atomic mass is 10.1. The number of carbonyl (C=O) groups excluding carboxylic acids is 1. The van der Waals surface area contributed by atoms with E-state index in [0.29, 0.717) is 26.2 Å². The highest BCUT2D eigenvalue weighted by molar-refractivity contribution is 7.09. The summed E-state index contributed by atoms with van der Waals surface area (Å²) in [5.41, 5.74) is 1.99. The molecule has 5 nitrogen and oxygen atoms in total. The minimum absolute atomic E-state index is 0.00877. The van der Waals surface area contributed by atoms with Gasteiger partial charge in [-0.25, -0.2) is 4.98 Å². The first kappa shape index (κ1) is 15.2. The van der Waals surface area contributed by atoms with Gasteiger partial charge in [-0.15, -0.1) is 11.3 Å². The number of carbonyl (C=O) groups is 1. The van der Waals surface area contributed by atoms with E-state index in [-0.39, 0.29) is 11.9 Å². The van der Waals surface area contributed by atoms with E-state index in [2.05, 4.69) is 22.5 Å². The smallest absolute Gasteiger partial charge is 0.229 e. The molecular formula is C16H21N3O2S. The normalized spacial score (nSPS) is 18.6. The van der Waals surface area contributed by atoms with Gasteiger partial charge in [0.25, 0.3) is 0 Å². The first-order chi connectivity index (χ1) is 10.7. The van der Waals surface area contributed by atoms with Crippen molar-refractivity contribution in [1.29, 1.82) is 0 Å². The third kappa shape index (κ3) is 3.08. The second kappa shape index (κ2) is 6.62. The fraction of sp³-hybridized carbons (Fsp3) is 0.500. The molecule has 0 spiro atoms. The van der Waals surface area contributed by atoms with Crippen molar-refractivity contribution >= 4 is 17.2 Å². The van der Waals surface area contributed by atoms with Crippen LogP contribution in [0.1, 0.15) is 29.4 Å². The van der Waals surface area contributed by atoms with Crippen molar-refractivity contribution in [2.24, 2.45) is 7.05 Å². The van der Waals surface area contributed by atoms with Gasteiger partial charge in [0.15, 0.2) is 0 Å². The topological polar surface area (TPSA) is 47.4 Å². The predicted molar refractivity (Wildman–Crippen MR) is 85.9 cm³/mol. The van der Waals surface area contributed by atoms with Crippen molar-refractivity contribution in [2.45, 2.75) is 25.8 Å². The zero-order valence-electron chi connectivity index (χ0n) is 13.0. The molecule has 22 heavy (non-hydrogen) atoms. The van der Waals surface area contributed by atoms with Crippen LogP contribution in [0.2, 0.25) is 0 Å². The molecular weight excluding hydrogens is 298 g/mol. The minimum atomic E-state index is -0.00877. The Morgan fingerprint density at radius 3 is 3.09 bits per heavy atom. The molecule has 0 bridgehead atoms. The van der Waals surface area contributed by atoms with Gasteiger partial charge < -0.3 is 14.2 Å². The van der Waals surface area contributed by atoms with Gasteiger partial charge in [0.2, 0.25) is 5.91 Å². The van der Waals surface area contributed by atoms with Gasteiger partial charge >= 0.3 is 0 Å². The summed E-state index contributed by atoms with van der Waals surface area (Å²) in [5, 5.41) is 3.08. The van der Waals surface area contributed by atoms with Crippen LogP contribution in [-0.4, -0.2) is 40.1 Å². The molecule has 1 aliphatic rings. The lowest BCUT2D eigenvalue weighted by Crippen LogP contribution is -2.44. The molecule has 1 amide bonds. The van der Waals surface area contributed by atoms with Crippen LogP contribution in [0.25, 0.3) is 0 Å². The summed E-state index contributed by atoms with van der Waals surface area (Å²) in [5.74, 6) is 0.127. The van der Waals surface area contributed by atoms with Gasteiger partial charge in [0.1, 0.15) is 0 Å². The second-order valence-electron chi connectivity index (χ2n) is 5.48. The van der Waals surface area contributed by atoms with E-state index in [0.717, 1.165) is 22.8 Å². The van der Waals surface area contributed by atoms with Gasteiger partial charge in [-0.05, 0) is 18.6 Å². The summed E-state index contributed by atoms with van der Waals surface area (Å²) >= 11 is 1.63. The fourth-order valence-electron chi connectivity index (χ4n) is 2.82. The molecule has 1 fully saturated rings. The van der Waals surface area contributed by atoms with Crippen LogP contribution >= 0.6 is 11.3 Å². The molecule has 1 atom stereocenters. The van der Waals surface area contributed by atoms with Crippen molar-refractivity contribution in [1.82, 2.24) is 14.5 Å². The van der Waals surface area contributed by atoms with Crippen molar-refractivity contribution in [3.63, 3.8) is 0 Å². The Labute approximate surface area is 134 Å². The summed E-state index contributed by atoms with van der Waals surface area (Å²) in [7, 11) is 2.00. The number of rotatable bonds is 4. The molecule has 0 aliphatic carbocycles. The van der Waals surface area contributed by atoms with E-state index in [1.807, 2.05) is 29.6 Å². The predicted octanol–water partition coefficient (Wildman–Crippen LogP) is 2.19. The van der Waals surface area contributed by atoms with E-state index in [4.69, 9.17) is 4.74 Å². The Morgan fingerprint density at radius 2 is 2.41 bits per heavy atom. The largest absolute Gasteiger partial charge is 0.377 e. The first-order valence-electron chi connectivity index (χ1n) is 7.60. The molecule has 3 rings (SSSR count). The number of amides is 1. The van der Waals surface area contributed by atoms with E-state index < -0.39 is 0 Å². The molecule has 1 unspecified atom stereocenters. The molecule has 0 radical (unpaired) electrons. The maximum absolute atomic E-state index is 12.7. The number of morpholine rings is 1. The molecule has 0 aromatic carbocycles. The third-order valence-electron chi connectivity index (χ3n) is 4.01. The van der Waals surface area contributed by atoms with Gasteiger partial charge in [-0.2, -0.15) is 0 Å². The highest BCUT2D eigenvalue weighted by atomic mass is 32.1. The average molecular weight is 319 g/mol. The van der Waals surface area contributed by atoms with Crippen molar-refractivity contribution in [2.75, 3.05) is 19.8 Å². The average Bonchev–Trinajstić information content (AvgIpc) is 3.16. The van der Waals surface area contributed by atoms with E-state index in [1.165, 1.54) is 0 Å². The lowest BCUT2D eigenvalue weighted by molar-refractivity contribution is -0.139. The van der Waals surface area contributed by atoms with Crippen molar-refractivity contribution in [3.8, 4) is 0 Å².